The number of aromatic nitrogens is 6. The van der Waals surface area contributed by atoms with E-state index in [1.54, 1.807) is 4.52 Å². The lowest BCUT2D eigenvalue weighted by Crippen LogP contribution is -2.51. The van der Waals surface area contributed by atoms with Crippen molar-refractivity contribution in [1.29, 1.82) is 0 Å². The van der Waals surface area contributed by atoms with Gasteiger partial charge in [-0.2, -0.15) is 19.6 Å². The van der Waals surface area contributed by atoms with E-state index in [2.05, 4.69) is 30.6 Å². The molecule has 1 aromatic carbocycles. The SMILES string of the molecule is Fc1ccc2[nH]c(CNc3nc(N4C[C@H]5CC[C@@H](C4)N5)nc4c(C5CC5)cnn34)nc2c1F. The van der Waals surface area contributed by atoms with E-state index >= 15 is 0 Å². The highest BCUT2D eigenvalue weighted by Gasteiger charge is 2.34. The van der Waals surface area contributed by atoms with Crippen molar-refractivity contribution >= 4 is 28.6 Å². The number of anilines is 2. The third kappa shape index (κ3) is 3.21. The van der Waals surface area contributed by atoms with Crippen molar-refractivity contribution in [1.82, 2.24) is 34.9 Å². The third-order valence-corrected chi connectivity index (χ3v) is 6.91. The first-order valence-electron chi connectivity index (χ1n) is 11.5. The molecule has 2 aliphatic heterocycles. The number of nitrogens with zero attached hydrogens (tertiary/aromatic N) is 6. The fourth-order valence-corrected chi connectivity index (χ4v) is 5.10. The Hall–Kier alpha value is -3.34. The first-order valence-corrected chi connectivity index (χ1v) is 11.5. The van der Waals surface area contributed by atoms with Gasteiger partial charge in [0.05, 0.1) is 18.3 Å². The maximum atomic E-state index is 14.1. The number of nitrogens with one attached hydrogen (secondary N) is 3. The Kier molecular flexibility index (Phi) is 4.11. The van der Waals surface area contributed by atoms with Crippen LogP contribution in [0.5, 0.6) is 0 Å². The molecule has 5 heterocycles. The molecule has 7 rings (SSSR count). The van der Waals surface area contributed by atoms with E-state index in [9.17, 15) is 8.78 Å². The van der Waals surface area contributed by atoms with Gasteiger partial charge in [0.2, 0.25) is 11.9 Å². The Morgan fingerprint density at radius 1 is 1.03 bits per heavy atom. The number of piperazine rings is 1. The van der Waals surface area contributed by atoms with Crippen LogP contribution in [0.3, 0.4) is 0 Å². The van der Waals surface area contributed by atoms with Gasteiger partial charge < -0.3 is 20.5 Å². The summed E-state index contributed by atoms with van der Waals surface area (Å²) in [5.74, 6) is 0.382. The van der Waals surface area contributed by atoms with Gasteiger partial charge in [-0.25, -0.2) is 13.8 Å². The summed E-state index contributed by atoms with van der Waals surface area (Å²) in [6, 6.07) is 3.52. The molecule has 3 N–H and O–H groups in total. The minimum atomic E-state index is -0.948. The maximum Gasteiger partial charge on any atom is 0.230 e. The van der Waals surface area contributed by atoms with Gasteiger partial charge >= 0.3 is 0 Å². The number of rotatable bonds is 5. The van der Waals surface area contributed by atoms with Crippen LogP contribution >= 0.6 is 0 Å². The summed E-state index contributed by atoms with van der Waals surface area (Å²) in [6.07, 6.45) is 6.55. The molecular formula is C22H23F2N9. The zero-order valence-corrected chi connectivity index (χ0v) is 17.9. The zero-order valence-electron chi connectivity index (χ0n) is 17.9. The molecule has 3 aliphatic rings. The lowest BCUT2D eigenvalue weighted by atomic mass is 10.2. The highest BCUT2D eigenvalue weighted by molar-refractivity contribution is 5.75. The molecule has 33 heavy (non-hydrogen) atoms. The van der Waals surface area contributed by atoms with Crippen molar-refractivity contribution < 1.29 is 8.78 Å². The minimum absolute atomic E-state index is 0.00766. The fraction of sp³-hybridized carbons (Fsp3) is 0.455. The molecule has 0 radical (unpaired) electrons. The number of fused-ring (bicyclic) bond motifs is 4. The summed E-state index contributed by atoms with van der Waals surface area (Å²) in [7, 11) is 0. The summed E-state index contributed by atoms with van der Waals surface area (Å²) in [6.45, 7) is 2.02. The van der Waals surface area contributed by atoms with Crippen LogP contribution in [0.25, 0.3) is 16.7 Å². The molecule has 2 atom stereocenters. The first-order chi connectivity index (χ1) is 16.1. The number of hydrogen-bond acceptors (Lipinski definition) is 7. The van der Waals surface area contributed by atoms with Gasteiger partial charge in [-0.1, -0.05) is 0 Å². The topological polar surface area (TPSA) is 99.1 Å². The van der Waals surface area contributed by atoms with Gasteiger partial charge in [-0.3, -0.25) is 0 Å². The van der Waals surface area contributed by atoms with Gasteiger partial charge in [0.25, 0.3) is 0 Å². The molecule has 1 aliphatic carbocycles. The molecular weight excluding hydrogens is 428 g/mol. The van der Waals surface area contributed by atoms with Crippen LogP contribution in [0.2, 0.25) is 0 Å². The number of aromatic amines is 1. The average molecular weight is 451 g/mol. The second-order valence-electron chi connectivity index (χ2n) is 9.29. The maximum absolute atomic E-state index is 14.1. The zero-order chi connectivity index (χ0) is 22.1. The molecule has 3 fully saturated rings. The summed E-state index contributed by atoms with van der Waals surface area (Å²) in [5.41, 5.74) is 2.42. The van der Waals surface area contributed by atoms with Gasteiger partial charge in [0.15, 0.2) is 17.3 Å². The standard InChI is InChI=1S/C22H23F2N9/c23-15-5-6-16-19(18(15)24)29-17(28-16)8-25-21-31-22(32-9-12-3-4-13(10-32)27-12)30-20-14(11-1-2-11)7-26-33(20)21/h5-7,11-13,27H,1-4,8-10H2,(H,28,29)(H,25,30,31)/t12-,13+. The van der Waals surface area contributed by atoms with Crippen LogP contribution in [0.4, 0.5) is 20.7 Å². The normalized spacial score (nSPS) is 22.5. The highest BCUT2D eigenvalue weighted by Crippen LogP contribution is 2.42. The fourth-order valence-electron chi connectivity index (χ4n) is 5.10. The molecule has 4 aromatic rings. The van der Waals surface area contributed by atoms with Crippen molar-refractivity contribution in [3.63, 3.8) is 0 Å². The molecule has 2 bridgehead atoms. The lowest BCUT2D eigenvalue weighted by molar-refractivity contribution is 0.460. The number of halogens is 2. The summed E-state index contributed by atoms with van der Waals surface area (Å²) in [5, 5.41) is 11.5. The van der Waals surface area contributed by atoms with Crippen LogP contribution in [-0.4, -0.2) is 54.7 Å². The van der Waals surface area contributed by atoms with Crippen molar-refractivity contribution in [3.05, 3.63) is 41.4 Å². The minimum Gasteiger partial charge on any atom is -0.347 e. The van der Waals surface area contributed by atoms with Gasteiger partial charge in [-0.05, 0) is 43.7 Å². The van der Waals surface area contributed by atoms with Gasteiger partial charge in [0.1, 0.15) is 11.3 Å². The summed E-state index contributed by atoms with van der Waals surface area (Å²) < 4.78 is 29.4. The second-order valence-corrected chi connectivity index (χ2v) is 9.29. The van der Waals surface area contributed by atoms with Gasteiger partial charge in [0, 0.05) is 30.7 Å². The smallest absolute Gasteiger partial charge is 0.230 e. The lowest BCUT2D eigenvalue weighted by Gasteiger charge is -2.33. The quantitative estimate of drug-likeness (QED) is 0.429. The number of imidazole rings is 1. The number of benzene rings is 1. The largest absolute Gasteiger partial charge is 0.347 e. The van der Waals surface area contributed by atoms with E-state index < -0.39 is 11.6 Å². The van der Waals surface area contributed by atoms with E-state index in [0.29, 0.717) is 41.2 Å². The molecule has 11 heteroatoms. The van der Waals surface area contributed by atoms with Crippen LogP contribution in [-0.2, 0) is 6.54 Å². The van der Waals surface area contributed by atoms with Crippen LogP contribution in [0.1, 0.15) is 43.0 Å². The molecule has 170 valence electrons. The molecule has 0 spiro atoms. The Morgan fingerprint density at radius 2 is 1.85 bits per heavy atom. The Morgan fingerprint density at radius 3 is 2.64 bits per heavy atom. The van der Waals surface area contributed by atoms with Gasteiger partial charge in [-0.15, -0.1) is 0 Å². The van der Waals surface area contributed by atoms with Crippen LogP contribution in [0.15, 0.2) is 18.3 Å². The van der Waals surface area contributed by atoms with Crippen molar-refractivity contribution in [3.8, 4) is 0 Å². The second kappa shape index (κ2) is 7.08. The Bertz CT molecular complexity index is 1360. The van der Waals surface area contributed by atoms with E-state index in [-0.39, 0.29) is 12.1 Å². The summed E-state index contributed by atoms with van der Waals surface area (Å²) in [4.78, 5) is 19.3. The molecule has 0 unspecified atom stereocenters. The van der Waals surface area contributed by atoms with Crippen molar-refractivity contribution in [2.24, 2.45) is 0 Å². The molecule has 2 saturated heterocycles. The highest BCUT2D eigenvalue weighted by atomic mass is 19.2. The monoisotopic (exact) mass is 451 g/mol. The Balaban J connectivity index is 1.24. The average Bonchev–Trinajstić information content (AvgIpc) is 3.28. The van der Waals surface area contributed by atoms with E-state index in [1.165, 1.54) is 18.9 Å². The number of H-pyrrole nitrogens is 1. The molecule has 1 saturated carbocycles. The van der Waals surface area contributed by atoms with Crippen LogP contribution in [0, 0.1) is 11.6 Å². The van der Waals surface area contributed by atoms with E-state index in [0.717, 1.165) is 43.2 Å². The number of hydrogen-bond donors (Lipinski definition) is 3. The molecule has 0 amide bonds. The predicted molar refractivity (Wildman–Crippen MR) is 118 cm³/mol. The molecule has 3 aromatic heterocycles. The predicted octanol–water partition coefficient (Wildman–Crippen LogP) is 2.71. The first kappa shape index (κ1) is 19.2. The molecule has 9 nitrogen and oxygen atoms in total. The summed E-state index contributed by atoms with van der Waals surface area (Å²) >= 11 is 0. The third-order valence-electron chi connectivity index (χ3n) is 6.91. The van der Waals surface area contributed by atoms with Crippen LogP contribution < -0.4 is 15.5 Å². The van der Waals surface area contributed by atoms with Crippen molar-refractivity contribution in [2.75, 3.05) is 23.3 Å². The Labute approximate surface area is 187 Å². The van der Waals surface area contributed by atoms with E-state index in [1.807, 2.05) is 6.20 Å². The van der Waals surface area contributed by atoms with E-state index in [4.69, 9.17) is 9.97 Å². The van der Waals surface area contributed by atoms with Crippen molar-refractivity contribution in [2.45, 2.75) is 50.2 Å².